The molecule has 101 valence electrons. The molecule has 0 heterocycles. The van der Waals surface area contributed by atoms with E-state index in [0.29, 0.717) is 0 Å². The Bertz CT molecular complexity index is 83.7. The molecule has 6 nitrogen and oxygen atoms in total. The molecule has 0 aromatic heterocycles. The Labute approximate surface area is 103 Å². The second-order valence-electron chi connectivity index (χ2n) is 2.08. The summed E-state index contributed by atoms with van der Waals surface area (Å²) in [6.45, 7) is -1.46. The van der Waals surface area contributed by atoms with E-state index in [1.165, 1.54) is 0 Å². The number of hydrogen-bond donors (Lipinski definition) is 6. The van der Waals surface area contributed by atoms with Gasteiger partial charge in [-0.15, -0.1) is 0 Å². The average Bonchev–Trinajstić information content (AvgIpc) is 2.28. The molecule has 0 unspecified atom stereocenters. The quantitative estimate of drug-likeness (QED) is 0.335. The minimum absolute atomic E-state index is 0.365. The summed E-state index contributed by atoms with van der Waals surface area (Å²) in [4.78, 5) is 0. The van der Waals surface area contributed by atoms with Crippen molar-refractivity contribution in [3.8, 4) is 0 Å². The number of aliphatic hydroxyl groups excluding tert-OH is 6. The van der Waals surface area contributed by atoms with Crippen LogP contribution >= 0.6 is 20.2 Å². The molecule has 0 aromatic rings. The second-order valence-corrected chi connectivity index (χ2v) is 3.64. The zero-order valence-corrected chi connectivity index (χ0v) is 10.2. The van der Waals surface area contributed by atoms with Crippen molar-refractivity contribution < 1.29 is 43.8 Å². The molecule has 0 bridgehead atoms. The van der Waals surface area contributed by atoms with Gasteiger partial charge in [0.2, 0.25) is 0 Å². The molecule has 6 N–H and O–H groups in total. The van der Waals surface area contributed by atoms with Crippen LogP contribution in [-0.2, 0) is 13.1 Å². The third kappa shape index (κ3) is 31.3. The van der Waals surface area contributed by atoms with Gasteiger partial charge in [-0.25, -0.2) is 0 Å². The molecule has 0 fully saturated rings. The van der Waals surface area contributed by atoms with Crippen molar-refractivity contribution in [2.75, 3.05) is 26.4 Å². The molecule has 0 aliphatic rings. The molecule has 0 saturated carbocycles. The van der Waals surface area contributed by atoms with Gasteiger partial charge in [-0.05, 0) is 0 Å². The Balaban J connectivity index is -0.000000153. The summed E-state index contributed by atoms with van der Waals surface area (Å²) < 4.78 is 0. The van der Waals surface area contributed by atoms with Crippen molar-refractivity contribution >= 4 is 20.2 Å². The van der Waals surface area contributed by atoms with Gasteiger partial charge in [0.15, 0.2) is 0 Å². The van der Waals surface area contributed by atoms with Gasteiger partial charge >= 0.3 is 33.3 Å². The second kappa shape index (κ2) is 20.3. The fraction of sp³-hybridized carbons (Fsp3) is 1.00. The van der Waals surface area contributed by atoms with E-state index in [1.807, 2.05) is 0 Å². The fourth-order valence-corrected chi connectivity index (χ4v) is 0.115. The Hall–Kier alpha value is 0.859. The van der Waals surface area contributed by atoms with Gasteiger partial charge in [0, 0.05) is 0 Å². The Morgan fingerprint density at radius 3 is 0.867 bits per heavy atom. The van der Waals surface area contributed by atoms with E-state index in [1.54, 1.807) is 0 Å². The normalized spacial score (nSPS) is 9.47. The molecule has 0 radical (unpaired) electrons. The molecule has 9 heteroatoms. The van der Waals surface area contributed by atoms with Crippen LogP contribution in [0.25, 0.3) is 0 Å². The summed E-state index contributed by atoms with van der Waals surface area (Å²) in [7, 11) is 9.34. The van der Waals surface area contributed by atoms with Crippen LogP contribution in [-0.4, -0.2) is 69.3 Å². The zero-order chi connectivity index (χ0) is 12.7. The van der Waals surface area contributed by atoms with E-state index in [0.717, 1.165) is 13.1 Å². The molecule has 0 atom stereocenters. The van der Waals surface area contributed by atoms with E-state index in [-0.39, 0.29) is 26.4 Å². The fourth-order valence-electron chi connectivity index (χ4n) is 0.115. The van der Waals surface area contributed by atoms with E-state index in [4.69, 9.17) is 30.6 Å². The number of rotatable bonds is 4. The first kappa shape index (κ1) is 21.2. The summed E-state index contributed by atoms with van der Waals surface area (Å²) in [5, 5.41) is 48.0. The topological polar surface area (TPSA) is 121 Å². The Morgan fingerprint density at radius 2 is 0.867 bits per heavy atom. The van der Waals surface area contributed by atoms with Crippen molar-refractivity contribution in [3.63, 3.8) is 0 Å². The summed E-state index contributed by atoms with van der Waals surface area (Å²) in [6, 6.07) is 0. The number of aliphatic hydroxyl groups is 6. The van der Waals surface area contributed by atoms with Crippen LogP contribution in [0, 0.1) is 0 Å². The van der Waals surface area contributed by atoms with Crippen LogP contribution in [0.1, 0.15) is 0 Å². The molecule has 0 amide bonds. The first-order valence-electron chi connectivity index (χ1n) is 3.64. The zero-order valence-electron chi connectivity index (χ0n) is 7.72. The van der Waals surface area contributed by atoms with Crippen LogP contribution in [0.4, 0.5) is 0 Å². The van der Waals surface area contributed by atoms with Crippen LogP contribution in [0.15, 0.2) is 0 Å². The van der Waals surface area contributed by atoms with Crippen LogP contribution in [0.2, 0.25) is 0 Å². The SMILES string of the molecule is OCC(O)CO.OCC(O)CO.[Cl][Cu][Cl]. The van der Waals surface area contributed by atoms with Crippen LogP contribution in [0.3, 0.4) is 0 Å². The van der Waals surface area contributed by atoms with Gasteiger partial charge in [-0.2, -0.15) is 0 Å². The van der Waals surface area contributed by atoms with Crippen molar-refractivity contribution in [3.05, 3.63) is 0 Å². The average molecular weight is 319 g/mol. The van der Waals surface area contributed by atoms with E-state index < -0.39 is 12.2 Å². The van der Waals surface area contributed by atoms with Gasteiger partial charge < -0.3 is 30.6 Å². The van der Waals surface area contributed by atoms with Crippen molar-refractivity contribution in [2.45, 2.75) is 12.2 Å². The summed E-state index contributed by atoms with van der Waals surface area (Å²) >= 11 is 0.757. The third-order valence-corrected chi connectivity index (χ3v) is 0.843. The van der Waals surface area contributed by atoms with Crippen molar-refractivity contribution in [1.29, 1.82) is 0 Å². The molecule has 0 aliphatic heterocycles. The van der Waals surface area contributed by atoms with Crippen molar-refractivity contribution in [1.82, 2.24) is 0 Å². The number of hydrogen-bond acceptors (Lipinski definition) is 6. The first-order valence-corrected chi connectivity index (χ1v) is 6.23. The van der Waals surface area contributed by atoms with Gasteiger partial charge in [0.25, 0.3) is 0 Å². The maximum absolute atomic E-state index is 8.17. The molecule has 0 aromatic carbocycles. The maximum atomic E-state index is 8.17. The Kier molecular flexibility index (Phi) is 28.6. The van der Waals surface area contributed by atoms with Gasteiger partial charge in [-0.1, -0.05) is 0 Å². The first-order chi connectivity index (χ1) is 7.03. The van der Waals surface area contributed by atoms with E-state index in [2.05, 4.69) is 20.2 Å². The summed E-state index contributed by atoms with van der Waals surface area (Å²) in [5.74, 6) is 0. The van der Waals surface area contributed by atoms with Crippen molar-refractivity contribution in [2.24, 2.45) is 0 Å². The molecular formula is C6H16Cl2CuO6. The van der Waals surface area contributed by atoms with Crippen LogP contribution < -0.4 is 0 Å². The summed E-state index contributed by atoms with van der Waals surface area (Å²) in [5.41, 5.74) is 0. The van der Waals surface area contributed by atoms with Crippen LogP contribution in [0.5, 0.6) is 0 Å². The molecule has 0 saturated heterocycles. The standard InChI is InChI=1S/2C3H8O3.2ClH.Cu/c2*4-1-3(6)2-5;;;/h2*3-6H,1-2H2;2*1H;/q;;;;+2/p-2. The summed E-state index contributed by atoms with van der Waals surface area (Å²) in [6.07, 6.45) is -1.91. The predicted octanol–water partition coefficient (Wildman–Crippen LogP) is -1.96. The Morgan fingerprint density at radius 1 is 0.733 bits per heavy atom. The molecule has 0 spiro atoms. The van der Waals surface area contributed by atoms with Gasteiger partial charge in [-0.3, -0.25) is 0 Å². The molecule has 15 heavy (non-hydrogen) atoms. The van der Waals surface area contributed by atoms with E-state index >= 15 is 0 Å². The minimum atomic E-state index is -0.954. The third-order valence-electron chi connectivity index (χ3n) is 0.843. The molecule has 0 aliphatic carbocycles. The predicted molar refractivity (Wildman–Crippen MR) is 52.1 cm³/mol. The van der Waals surface area contributed by atoms with E-state index in [9.17, 15) is 0 Å². The molecular weight excluding hydrogens is 303 g/mol. The van der Waals surface area contributed by atoms with Gasteiger partial charge in [0.1, 0.15) is 12.2 Å². The molecule has 0 rings (SSSR count). The van der Waals surface area contributed by atoms with Gasteiger partial charge in [0.05, 0.1) is 26.4 Å². The number of halogens is 2. The monoisotopic (exact) mass is 317 g/mol.